The van der Waals surface area contributed by atoms with Gasteiger partial charge < -0.3 is 18.9 Å². The van der Waals surface area contributed by atoms with Crippen molar-refractivity contribution in [3.63, 3.8) is 0 Å². The summed E-state index contributed by atoms with van der Waals surface area (Å²) in [4.78, 5) is 21.3. The Morgan fingerprint density at radius 2 is 1.42 bits per heavy atom. The Kier molecular flexibility index (Phi) is 5.93. The number of esters is 1. The molecule has 0 aliphatic heterocycles. The molecule has 3 aromatic carbocycles. The van der Waals surface area contributed by atoms with Crippen molar-refractivity contribution in [3.8, 4) is 23.5 Å². The lowest BCUT2D eigenvalue weighted by molar-refractivity contribution is 0.0470. The number of carbonyl (C=O) groups excluding carboxylic acids is 1. The van der Waals surface area contributed by atoms with Gasteiger partial charge in [0.15, 0.2) is 0 Å². The molecule has 0 radical (unpaired) electrons. The van der Waals surface area contributed by atoms with Crippen LogP contribution < -0.4 is 14.2 Å². The Bertz CT molecular complexity index is 1190. The Morgan fingerprint density at radius 3 is 2.06 bits per heavy atom. The fourth-order valence-electron chi connectivity index (χ4n) is 3.00. The minimum atomic E-state index is -0.514. The quantitative estimate of drug-likeness (QED) is 0.401. The smallest absolute Gasteiger partial charge is 0.342 e. The summed E-state index contributed by atoms with van der Waals surface area (Å²) in [5, 5.41) is 1.78. The summed E-state index contributed by atoms with van der Waals surface area (Å²) < 4.78 is 21.8. The average molecular weight is 416 g/mol. The number of carbonyl (C=O) groups is 1. The van der Waals surface area contributed by atoms with E-state index in [2.05, 4.69) is 9.97 Å². The van der Waals surface area contributed by atoms with Crippen molar-refractivity contribution in [2.75, 3.05) is 14.2 Å². The van der Waals surface area contributed by atoms with E-state index in [0.717, 1.165) is 16.3 Å². The standard InChI is InChI=1S/C24H20N2O5/c1-28-21-14-22(29-2)26-24(25-21)31-20-13-18-11-7-6-10-17(18)12-19(20)23(27)30-15-16-8-4-3-5-9-16/h3-14H,15H2,1-2H3. The van der Waals surface area contributed by atoms with Crippen molar-refractivity contribution in [1.29, 1.82) is 0 Å². The Morgan fingerprint density at radius 1 is 0.806 bits per heavy atom. The molecule has 156 valence electrons. The third-order valence-corrected chi connectivity index (χ3v) is 4.56. The van der Waals surface area contributed by atoms with E-state index >= 15 is 0 Å². The first-order chi connectivity index (χ1) is 15.2. The summed E-state index contributed by atoms with van der Waals surface area (Å²) in [5.74, 6) is 0.304. The van der Waals surface area contributed by atoms with Crippen LogP contribution in [0.3, 0.4) is 0 Å². The van der Waals surface area contributed by atoms with Gasteiger partial charge in [0.05, 0.1) is 20.3 Å². The number of fused-ring (bicyclic) bond motifs is 1. The molecule has 1 aromatic heterocycles. The van der Waals surface area contributed by atoms with Crippen LogP contribution in [0.25, 0.3) is 10.8 Å². The van der Waals surface area contributed by atoms with Gasteiger partial charge in [0, 0.05) is 0 Å². The van der Waals surface area contributed by atoms with Crippen LogP contribution in [0.15, 0.2) is 72.8 Å². The van der Waals surface area contributed by atoms with Crippen molar-refractivity contribution in [1.82, 2.24) is 9.97 Å². The summed E-state index contributed by atoms with van der Waals surface area (Å²) >= 11 is 0. The van der Waals surface area contributed by atoms with Gasteiger partial charge in [-0.25, -0.2) is 4.79 Å². The zero-order chi connectivity index (χ0) is 21.6. The molecule has 0 atom stereocenters. The van der Waals surface area contributed by atoms with E-state index in [0.29, 0.717) is 0 Å². The van der Waals surface area contributed by atoms with Gasteiger partial charge >= 0.3 is 12.0 Å². The number of methoxy groups -OCH3 is 2. The van der Waals surface area contributed by atoms with Gasteiger partial charge in [-0.2, -0.15) is 9.97 Å². The fraction of sp³-hybridized carbons (Fsp3) is 0.125. The monoisotopic (exact) mass is 416 g/mol. The highest BCUT2D eigenvalue weighted by Gasteiger charge is 2.18. The molecule has 0 bridgehead atoms. The molecule has 4 rings (SSSR count). The summed E-state index contributed by atoms with van der Waals surface area (Å²) in [6.45, 7) is 0.148. The molecule has 0 saturated heterocycles. The van der Waals surface area contributed by atoms with Gasteiger partial charge in [-0.05, 0) is 28.5 Å². The molecule has 0 saturated carbocycles. The van der Waals surface area contributed by atoms with Crippen LogP contribution in [0, 0.1) is 0 Å². The highest BCUT2D eigenvalue weighted by molar-refractivity contribution is 5.98. The van der Waals surface area contributed by atoms with Gasteiger partial charge in [-0.15, -0.1) is 0 Å². The summed E-state index contributed by atoms with van der Waals surface area (Å²) in [5.41, 5.74) is 1.15. The predicted octanol–water partition coefficient (Wildman–Crippen LogP) is 4.80. The third kappa shape index (κ3) is 4.72. The SMILES string of the molecule is COc1cc(OC)nc(Oc2cc3ccccc3cc2C(=O)OCc2ccccc2)n1. The molecule has 4 aromatic rings. The Labute approximate surface area is 179 Å². The molecule has 0 aliphatic carbocycles. The van der Waals surface area contributed by atoms with Crippen LogP contribution in [-0.2, 0) is 11.3 Å². The maximum atomic E-state index is 12.9. The van der Waals surface area contributed by atoms with E-state index in [1.54, 1.807) is 12.1 Å². The zero-order valence-electron chi connectivity index (χ0n) is 17.1. The molecular weight excluding hydrogens is 396 g/mol. The highest BCUT2D eigenvalue weighted by atomic mass is 16.5. The normalized spacial score (nSPS) is 10.5. The second kappa shape index (κ2) is 9.13. The zero-order valence-corrected chi connectivity index (χ0v) is 17.1. The number of hydrogen-bond acceptors (Lipinski definition) is 7. The molecular formula is C24H20N2O5. The first-order valence-electron chi connectivity index (χ1n) is 9.55. The van der Waals surface area contributed by atoms with Crippen LogP contribution in [0.5, 0.6) is 23.5 Å². The first kappa shape index (κ1) is 20.2. The lowest BCUT2D eigenvalue weighted by Crippen LogP contribution is -2.08. The van der Waals surface area contributed by atoms with E-state index < -0.39 is 5.97 Å². The molecule has 0 spiro atoms. The number of aromatic nitrogens is 2. The van der Waals surface area contributed by atoms with E-state index in [-0.39, 0.29) is 35.7 Å². The molecule has 31 heavy (non-hydrogen) atoms. The Balaban J connectivity index is 1.69. The maximum absolute atomic E-state index is 12.9. The second-order valence-corrected chi connectivity index (χ2v) is 6.59. The summed E-state index contributed by atoms with van der Waals surface area (Å²) in [7, 11) is 2.96. The van der Waals surface area contributed by atoms with Crippen LogP contribution in [-0.4, -0.2) is 30.2 Å². The molecule has 7 heteroatoms. The van der Waals surface area contributed by atoms with Crippen molar-refractivity contribution >= 4 is 16.7 Å². The number of ether oxygens (including phenoxy) is 4. The van der Waals surface area contributed by atoms with Gasteiger partial charge in [-0.1, -0.05) is 54.6 Å². The van der Waals surface area contributed by atoms with Crippen molar-refractivity contribution < 1.29 is 23.7 Å². The summed E-state index contributed by atoms with van der Waals surface area (Å²) in [6.07, 6.45) is 0. The van der Waals surface area contributed by atoms with Crippen LogP contribution in [0.4, 0.5) is 0 Å². The van der Waals surface area contributed by atoms with Gasteiger partial charge in [0.1, 0.15) is 17.9 Å². The van der Waals surface area contributed by atoms with Crippen LogP contribution in [0.2, 0.25) is 0 Å². The molecule has 0 fully saturated rings. The maximum Gasteiger partial charge on any atom is 0.342 e. The molecule has 0 N–H and O–H groups in total. The number of hydrogen-bond donors (Lipinski definition) is 0. The van der Waals surface area contributed by atoms with Crippen molar-refractivity contribution in [2.45, 2.75) is 6.61 Å². The minimum Gasteiger partial charge on any atom is -0.481 e. The largest absolute Gasteiger partial charge is 0.481 e. The minimum absolute atomic E-state index is 0.0106. The highest BCUT2D eigenvalue weighted by Crippen LogP contribution is 2.31. The fourth-order valence-corrected chi connectivity index (χ4v) is 3.00. The lowest BCUT2D eigenvalue weighted by Gasteiger charge is -2.13. The number of benzene rings is 3. The molecule has 1 heterocycles. The van der Waals surface area contributed by atoms with E-state index in [9.17, 15) is 4.79 Å². The second-order valence-electron chi connectivity index (χ2n) is 6.59. The van der Waals surface area contributed by atoms with Gasteiger partial charge in [0.2, 0.25) is 11.8 Å². The first-order valence-corrected chi connectivity index (χ1v) is 9.55. The number of nitrogens with zero attached hydrogens (tertiary/aromatic N) is 2. The summed E-state index contributed by atoms with van der Waals surface area (Å²) in [6, 6.07) is 22.1. The molecule has 7 nitrogen and oxygen atoms in total. The molecule has 0 aliphatic rings. The average Bonchev–Trinajstić information content (AvgIpc) is 2.82. The lowest BCUT2D eigenvalue weighted by atomic mass is 10.1. The molecule has 0 unspecified atom stereocenters. The number of rotatable bonds is 7. The Hall–Kier alpha value is -4.13. The van der Waals surface area contributed by atoms with Crippen molar-refractivity contribution in [3.05, 3.63) is 83.9 Å². The third-order valence-electron chi connectivity index (χ3n) is 4.56. The topological polar surface area (TPSA) is 79.8 Å². The predicted molar refractivity (Wildman–Crippen MR) is 115 cm³/mol. The van der Waals surface area contributed by atoms with Crippen molar-refractivity contribution in [2.24, 2.45) is 0 Å². The van der Waals surface area contributed by atoms with Crippen LogP contribution >= 0.6 is 0 Å². The van der Waals surface area contributed by atoms with Gasteiger partial charge in [-0.3, -0.25) is 0 Å². The molecule has 0 amide bonds. The van der Waals surface area contributed by atoms with E-state index in [4.69, 9.17) is 18.9 Å². The van der Waals surface area contributed by atoms with Gasteiger partial charge in [0.25, 0.3) is 0 Å². The van der Waals surface area contributed by atoms with E-state index in [1.807, 2.05) is 54.6 Å². The van der Waals surface area contributed by atoms with Crippen LogP contribution in [0.1, 0.15) is 15.9 Å². The van der Waals surface area contributed by atoms with E-state index in [1.165, 1.54) is 20.3 Å².